The third-order valence-electron chi connectivity index (χ3n) is 6.31. The second-order valence-electron chi connectivity index (χ2n) is 9.26. The zero-order chi connectivity index (χ0) is 25.5. The third-order valence-corrected chi connectivity index (χ3v) is 6.31. The lowest BCUT2D eigenvalue weighted by Crippen LogP contribution is -2.44. The van der Waals surface area contributed by atoms with E-state index in [-0.39, 0.29) is 35.6 Å². The summed E-state index contributed by atoms with van der Waals surface area (Å²) < 4.78 is 29.8. The Kier molecular flexibility index (Phi) is 9.03. The molecule has 0 unspecified atom stereocenters. The van der Waals surface area contributed by atoms with E-state index in [1.54, 1.807) is 0 Å². The molecule has 0 radical (unpaired) electrons. The van der Waals surface area contributed by atoms with Crippen molar-refractivity contribution in [3.05, 3.63) is 65.0 Å². The molecule has 1 aliphatic heterocycles. The Bertz CT molecular complexity index is 1140. The van der Waals surface area contributed by atoms with E-state index >= 15 is 0 Å². The average Bonchev–Trinajstić information content (AvgIpc) is 3.16. The van der Waals surface area contributed by atoms with E-state index in [9.17, 15) is 14.0 Å². The number of halogens is 1. The minimum absolute atomic E-state index is 0.0365. The van der Waals surface area contributed by atoms with Crippen molar-refractivity contribution in [1.29, 1.82) is 0 Å². The highest BCUT2D eigenvalue weighted by Gasteiger charge is 2.36. The molecule has 0 aromatic heterocycles. The number of aryl methyl sites for hydroxylation is 1. The number of hydrogen-bond donors (Lipinski definition) is 1. The molecule has 1 fully saturated rings. The van der Waals surface area contributed by atoms with Gasteiger partial charge in [0.2, 0.25) is 5.91 Å². The molecule has 2 aromatic rings. The first kappa shape index (κ1) is 26.4. The monoisotopic (exact) mass is 499 g/mol. The minimum Gasteiger partial charge on any atom is -0.354 e. The van der Waals surface area contributed by atoms with Crippen LogP contribution >= 0.6 is 0 Å². The number of amides is 2. The molecule has 2 aliphatic rings. The van der Waals surface area contributed by atoms with Crippen molar-refractivity contribution >= 4 is 34.9 Å². The summed E-state index contributed by atoms with van der Waals surface area (Å²) in [6.45, 7) is 6.02. The van der Waals surface area contributed by atoms with Crippen LogP contribution in [0.25, 0.3) is 0 Å². The van der Waals surface area contributed by atoms with Crippen LogP contribution in [-0.2, 0) is 22.8 Å². The Balaban J connectivity index is 0.00000108. The van der Waals surface area contributed by atoms with Crippen molar-refractivity contribution in [2.24, 2.45) is 10.9 Å². The van der Waals surface area contributed by atoms with Crippen LogP contribution in [0.1, 0.15) is 61.0 Å². The van der Waals surface area contributed by atoms with Gasteiger partial charge in [-0.3, -0.25) is 9.59 Å². The zero-order valence-corrected chi connectivity index (χ0v) is 20.9. The van der Waals surface area contributed by atoms with E-state index in [0.717, 1.165) is 48.3 Å². The summed E-state index contributed by atoms with van der Waals surface area (Å²) in [5.74, 6) is 0.165. The molecular weight excluding hydrogens is 469 g/mol. The molecule has 9 heteroatoms. The van der Waals surface area contributed by atoms with Gasteiger partial charge in [0.25, 0.3) is 5.91 Å². The van der Waals surface area contributed by atoms with Gasteiger partial charge in [-0.2, -0.15) is 13.4 Å². The van der Waals surface area contributed by atoms with Gasteiger partial charge >= 0.3 is 11.6 Å². The van der Waals surface area contributed by atoms with E-state index < -0.39 is 11.6 Å². The van der Waals surface area contributed by atoms with Crippen LogP contribution in [0.3, 0.4) is 0 Å². The average molecular weight is 500 g/mol. The summed E-state index contributed by atoms with van der Waals surface area (Å²) in [7, 11) is 0. The van der Waals surface area contributed by atoms with Gasteiger partial charge in [-0.15, -0.1) is 0 Å². The smallest absolute Gasteiger partial charge is 0.335 e. The first-order valence-electron chi connectivity index (χ1n) is 11.7. The Morgan fingerprint density at radius 2 is 1.69 bits per heavy atom. The first-order chi connectivity index (χ1) is 16.7. The summed E-state index contributed by atoms with van der Waals surface area (Å²) in [4.78, 5) is 31.9. The molecule has 1 aliphatic carbocycles. The maximum absolute atomic E-state index is 13.3. The molecular formula is C26H30FN3O4S. The van der Waals surface area contributed by atoms with Crippen LogP contribution in [0.5, 0.6) is 0 Å². The van der Waals surface area contributed by atoms with Crippen molar-refractivity contribution < 1.29 is 22.4 Å². The second kappa shape index (κ2) is 12.0. The van der Waals surface area contributed by atoms with Gasteiger partial charge in [0.15, 0.2) is 0 Å². The van der Waals surface area contributed by atoms with Crippen molar-refractivity contribution in [3.63, 3.8) is 0 Å². The lowest BCUT2D eigenvalue weighted by Gasteiger charge is -2.36. The number of hydrogen-bond acceptors (Lipinski definition) is 4. The zero-order valence-electron chi connectivity index (χ0n) is 20.1. The topological polar surface area (TPSA) is 95.9 Å². The molecule has 186 valence electrons. The second-order valence-corrected chi connectivity index (χ2v) is 9.39. The molecule has 35 heavy (non-hydrogen) atoms. The summed E-state index contributed by atoms with van der Waals surface area (Å²) in [6, 6.07) is 12.2. The number of aliphatic imine (C=N–C) groups is 1. The molecule has 1 saturated carbocycles. The maximum atomic E-state index is 13.3. The molecule has 0 bridgehead atoms. The number of anilines is 1. The highest BCUT2D eigenvalue weighted by molar-refractivity contribution is 7.51. The number of rotatable bonds is 4. The fourth-order valence-electron chi connectivity index (χ4n) is 4.72. The van der Waals surface area contributed by atoms with E-state index in [2.05, 4.69) is 40.3 Å². The normalized spacial score (nSPS) is 20.1. The van der Waals surface area contributed by atoms with E-state index in [0.29, 0.717) is 12.0 Å². The molecule has 7 nitrogen and oxygen atoms in total. The van der Waals surface area contributed by atoms with Crippen LogP contribution in [0.15, 0.2) is 47.5 Å². The standard InChI is InChI=1S/C26H30FN3O2.O2S/c1-16(2)28-25(31)19-8-12-22(13-9-19)30-23-14-17(3)4-5-20(23)15-24(30)29-26(32)18-6-10-21(27)11-7-18;1-3-2/h4-7,10-11,14,16,19,22H,8-9,12-13,15H2,1-3H3,(H,28,31);. The lowest BCUT2D eigenvalue weighted by molar-refractivity contribution is -0.126. The highest BCUT2D eigenvalue weighted by atomic mass is 32.1. The highest BCUT2D eigenvalue weighted by Crippen LogP contribution is 2.38. The predicted octanol–water partition coefficient (Wildman–Crippen LogP) is 4.15. The molecule has 2 aromatic carbocycles. The molecule has 0 spiro atoms. The van der Waals surface area contributed by atoms with E-state index in [1.165, 1.54) is 24.3 Å². The summed E-state index contributed by atoms with van der Waals surface area (Å²) in [6.07, 6.45) is 3.97. The Morgan fingerprint density at radius 1 is 1.06 bits per heavy atom. The lowest BCUT2D eigenvalue weighted by atomic mass is 9.84. The van der Waals surface area contributed by atoms with Gasteiger partial charge in [0, 0.05) is 35.7 Å². The number of amidine groups is 1. The van der Waals surface area contributed by atoms with Gasteiger partial charge < -0.3 is 10.2 Å². The Morgan fingerprint density at radius 3 is 2.29 bits per heavy atom. The molecule has 1 N–H and O–H groups in total. The van der Waals surface area contributed by atoms with Gasteiger partial charge in [-0.25, -0.2) is 4.39 Å². The van der Waals surface area contributed by atoms with Gasteiger partial charge in [0.1, 0.15) is 11.7 Å². The summed E-state index contributed by atoms with van der Waals surface area (Å²) >= 11 is -0.750. The van der Waals surface area contributed by atoms with Crippen LogP contribution in [0.2, 0.25) is 0 Å². The van der Waals surface area contributed by atoms with Crippen LogP contribution < -0.4 is 10.2 Å². The van der Waals surface area contributed by atoms with Crippen molar-refractivity contribution in [2.75, 3.05) is 4.90 Å². The minimum atomic E-state index is -0.750. The molecule has 0 saturated heterocycles. The number of nitrogens with one attached hydrogen (secondary N) is 1. The summed E-state index contributed by atoms with van der Waals surface area (Å²) in [5, 5.41) is 3.03. The maximum Gasteiger partial charge on any atom is 0.335 e. The van der Waals surface area contributed by atoms with Crippen LogP contribution in [-0.4, -0.2) is 38.2 Å². The number of carbonyl (C=O) groups is 2. The van der Waals surface area contributed by atoms with E-state index in [4.69, 9.17) is 8.42 Å². The number of nitrogens with zero attached hydrogens (tertiary/aromatic N) is 2. The van der Waals surface area contributed by atoms with Gasteiger partial charge in [0.05, 0.1) is 0 Å². The number of fused-ring (bicyclic) bond motifs is 1. The number of carbonyl (C=O) groups excluding carboxylic acids is 2. The molecule has 0 atom stereocenters. The van der Waals surface area contributed by atoms with Crippen molar-refractivity contribution in [1.82, 2.24) is 5.32 Å². The van der Waals surface area contributed by atoms with Crippen molar-refractivity contribution in [3.8, 4) is 0 Å². The Labute approximate surface area is 208 Å². The van der Waals surface area contributed by atoms with Crippen LogP contribution in [0, 0.1) is 18.7 Å². The molecule has 2 amide bonds. The van der Waals surface area contributed by atoms with Gasteiger partial charge in [-0.05, 0) is 87.9 Å². The predicted molar refractivity (Wildman–Crippen MR) is 133 cm³/mol. The van der Waals surface area contributed by atoms with E-state index in [1.807, 2.05) is 13.8 Å². The van der Waals surface area contributed by atoms with Gasteiger partial charge in [-0.1, -0.05) is 12.1 Å². The largest absolute Gasteiger partial charge is 0.354 e. The quantitative estimate of drug-likeness (QED) is 0.682. The fourth-order valence-corrected chi connectivity index (χ4v) is 4.72. The summed E-state index contributed by atoms with van der Waals surface area (Å²) in [5.41, 5.74) is 3.79. The first-order valence-corrected chi connectivity index (χ1v) is 12.4. The Hall–Kier alpha value is -3.20. The fraction of sp³-hybridized carbons (Fsp3) is 0.423. The number of benzene rings is 2. The van der Waals surface area contributed by atoms with Crippen LogP contribution in [0.4, 0.5) is 10.1 Å². The molecule has 1 heterocycles. The third kappa shape index (κ3) is 6.69. The molecule has 4 rings (SSSR count). The van der Waals surface area contributed by atoms with Crippen molar-refractivity contribution in [2.45, 2.75) is 65.0 Å². The SMILES string of the molecule is Cc1ccc2c(c1)N(C1CCC(C(=O)NC(C)C)CC1)C(=NC(=O)c1ccc(F)cc1)C2.O=S=O.